The Morgan fingerprint density at radius 3 is 2.37 bits per heavy atom. The molecule has 3 aromatic carbocycles. The molecule has 0 spiro atoms. The van der Waals surface area contributed by atoms with Crippen LogP contribution in [-0.2, 0) is 4.79 Å². The van der Waals surface area contributed by atoms with Gasteiger partial charge in [0.1, 0.15) is 12.4 Å². The van der Waals surface area contributed by atoms with E-state index in [1.54, 1.807) is 59.3 Å². The first kappa shape index (κ1) is 27.6. The minimum absolute atomic E-state index is 0.0741. The Balaban J connectivity index is 1.65. The fraction of sp³-hybridized carbons (Fsp3) is 0.179. The molecule has 0 saturated carbocycles. The highest BCUT2D eigenvalue weighted by atomic mass is 35.5. The molecule has 6 nitrogen and oxygen atoms in total. The molecule has 0 aliphatic carbocycles. The zero-order valence-corrected chi connectivity index (χ0v) is 22.9. The highest BCUT2D eigenvalue weighted by Gasteiger charge is 2.23. The largest absolute Gasteiger partial charge is 0.329 e. The lowest BCUT2D eigenvalue weighted by atomic mass is 10.1. The van der Waals surface area contributed by atoms with E-state index in [0.717, 1.165) is 5.56 Å². The van der Waals surface area contributed by atoms with Crippen molar-refractivity contribution >= 4 is 52.6 Å². The second kappa shape index (κ2) is 12.0. The average molecular weight is 574 g/mol. The van der Waals surface area contributed by atoms with Gasteiger partial charge in [-0.3, -0.25) is 19.5 Å². The number of rotatable bonds is 8. The van der Waals surface area contributed by atoms with Crippen LogP contribution in [0.3, 0.4) is 0 Å². The summed E-state index contributed by atoms with van der Waals surface area (Å²) in [4.78, 5) is 32.5. The van der Waals surface area contributed by atoms with Crippen LogP contribution in [-0.4, -0.2) is 39.4 Å². The Morgan fingerprint density at radius 2 is 1.71 bits per heavy atom. The van der Waals surface area contributed by atoms with Gasteiger partial charge in [-0.15, -0.1) is 0 Å². The standard InChI is InChI=1S/C28H24Cl3FN4O2/c1-17(2)14-35(27(38)21-5-3-4-6-22(21)30)16-26(37)34-28-33-25(18-7-9-19(29)10-8-18)15-36(28)20-11-12-24(32)23(31)13-20/h3-13,15,17H,14,16H2,1-2H3,(H,33,34,37). The number of aromatic nitrogens is 2. The fourth-order valence-corrected chi connectivity index (χ4v) is 4.38. The summed E-state index contributed by atoms with van der Waals surface area (Å²) in [6.45, 7) is 4.02. The number of imidazole rings is 1. The predicted molar refractivity (Wildman–Crippen MR) is 150 cm³/mol. The molecule has 0 unspecified atom stereocenters. The quantitative estimate of drug-likeness (QED) is 0.239. The van der Waals surface area contributed by atoms with E-state index in [-0.39, 0.29) is 29.3 Å². The maximum Gasteiger partial charge on any atom is 0.255 e. The second-order valence-electron chi connectivity index (χ2n) is 9.03. The van der Waals surface area contributed by atoms with E-state index in [1.807, 2.05) is 13.8 Å². The van der Waals surface area contributed by atoms with E-state index < -0.39 is 11.7 Å². The molecule has 2 amide bonds. The molecule has 196 valence electrons. The van der Waals surface area contributed by atoms with Gasteiger partial charge in [-0.05, 0) is 48.4 Å². The number of nitrogens with zero attached hydrogens (tertiary/aromatic N) is 3. The molecule has 1 heterocycles. The third kappa shape index (κ3) is 6.54. The summed E-state index contributed by atoms with van der Waals surface area (Å²) in [5, 5.41) is 3.60. The molecule has 38 heavy (non-hydrogen) atoms. The fourth-order valence-electron chi connectivity index (χ4n) is 3.86. The molecule has 0 aliphatic heterocycles. The van der Waals surface area contributed by atoms with Crippen molar-refractivity contribution in [3.05, 3.63) is 99.4 Å². The van der Waals surface area contributed by atoms with Crippen LogP contribution in [0.2, 0.25) is 15.1 Å². The SMILES string of the molecule is CC(C)CN(CC(=O)Nc1nc(-c2ccc(Cl)cc2)cn1-c1ccc(F)c(Cl)c1)C(=O)c1ccccc1Cl. The third-order valence-electron chi connectivity index (χ3n) is 5.59. The van der Waals surface area contributed by atoms with Crippen molar-refractivity contribution < 1.29 is 14.0 Å². The Bertz CT molecular complexity index is 1470. The number of benzene rings is 3. The van der Waals surface area contributed by atoms with Gasteiger partial charge in [0.05, 0.1) is 27.0 Å². The normalized spacial score (nSPS) is 11.0. The van der Waals surface area contributed by atoms with Crippen molar-refractivity contribution in [2.45, 2.75) is 13.8 Å². The first-order valence-electron chi connectivity index (χ1n) is 11.8. The molecule has 10 heteroatoms. The third-order valence-corrected chi connectivity index (χ3v) is 6.46. The molecule has 0 saturated heterocycles. The van der Waals surface area contributed by atoms with Gasteiger partial charge in [0.15, 0.2) is 0 Å². The number of nitrogens with one attached hydrogen (secondary N) is 1. The number of hydrogen-bond donors (Lipinski definition) is 1. The van der Waals surface area contributed by atoms with Crippen molar-refractivity contribution in [3.8, 4) is 16.9 Å². The van der Waals surface area contributed by atoms with Gasteiger partial charge < -0.3 is 4.90 Å². The molecular weight excluding hydrogens is 550 g/mol. The van der Waals surface area contributed by atoms with Crippen LogP contribution >= 0.6 is 34.8 Å². The van der Waals surface area contributed by atoms with Gasteiger partial charge in [-0.25, -0.2) is 9.37 Å². The van der Waals surface area contributed by atoms with E-state index in [2.05, 4.69) is 10.3 Å². The lowest BCUT2D eigenvalue weighted by molar-refractivity contribution is -0.117. The van der Waals surface area contributed by atoms with Crippen LogP contribution in [0.25, 0.3) is 16.9 Å². The van der Waals surface area contributed by atoms with Crippen LogP contribution in [0.5, 0.6) is 0 Å². The van der Waals surface area contributed by atoms with Crippen molar-refractivity contribution in [2.24, 2.45) is 5.92 Å². The Kier molecular flexibility index (Phi) is 8.72. The highest BCUT2D eigenvalue weighted by molar-refractivity contribution is 6.34. The summed E-state index contributed by atoms with van der Waals surface area (Å²) in [5.74, 6) is -1.10. The lowest BCUT2D eigenvalue weighted by Crippen LogP contribution is -2.40. The molecule has 1 aromatic heterocycles. The van der Waals surface area contributed by atoms with Crippen molar-refractivity contribution in [3.63, 3.8) is 0 Å². The summed E-state index contributed by atoms with van der Waals surface area (Å²) in [6.07, 6.45) is 1.70. The van der Waals surface area contributed by atoms with E-state index in [1.165, 1.54) is 23.1 Å². The maximum atomic E-state index is 13.8. The molecule has 0 aliphatic rings. The molecule has 1 N–H and O–H groups in total. The van der Waals surface area contributed by atoms with Crippen LogP contribution in [0.1, 0.15) is 24.2 Å². The van der Waals surface area contributed by atoms with Gasteiger partial charge in [0.25, 0.3) is 5.91 Å². The smallest absolute Gasteiger partial charge is 0.255 e. The zero-order chi connectivity index (χ0) is 27.4. The van der Waals surface area contributed by atoms with Gasteiger partial charge in [-0.2, -0.15) is 0 Å². The van der Waals surface area contributed by atoms with Crippen molar-refractivity contribution in [2.75, 3.05) is 18.4 Å². The van der Waals surface area contributed by atoms with Crippen LogP contribution in [0.4, 0.5) is 10.3 Å². The Hall–Kier alpha value is -3.39. The summed E-state index contributed by atoms with van der Waals surface area (Å²) >= 11 is 18.3. The second-order valence-corrected chi connectivity index (χ2v) is 10.3. The monoisotopic (exact) mass is 572 g/mol. The van der Waals surface area contributed by atoms with E-state index in [9.17, 15) is 14.0 Å². The Morgan fingerprint density at radius 1 is 1.00 bits per heavy atom. The lowest BCUT2D eigenvalue weighted by Gasteiger charge is -2.24. The summed E-state index contributed by atoms with van der Waals surface area (Å²) in [6, 6.07) is 18.0. The average Bonchev–Trinajstić information content (AvgIpc) is 3.28. The van der Waals surface area contributed by atoms with Crippen molar-refractivity contribution in [1.29, 1.82) is 0 Å². The molecule has 0 radical (unpaired) electrons. The maximum absolute atomic E-state index is 13.8. The molecule has 0 bridgehead atoms. The minimum Gasteiger partial charge on any atom is -0.329 e. The van der Waals surface area contributed by atoms with Gasteiger partial charge in [0.2, 0.25) is 11.9 Å². The number of anilines is 1. The van der Waals surface area contributed by atoms with E-state index in [4.69, 9.17) is 34.8 Å². The molecule has 4 aromatic rings. The van der Waals surface area contributed by atoms with Gasteiger partial charge in [-0.1, -0.05) is 72.9 Å². The van der Waals surface area contributed by atoms with E-state index in [0.29, 0.717) is 33.5 Å². The van der Waals surface area contributed by atoms with Crippen LogP contribution < -0.4 is 5.32 Å². The number of halogens is 4. The zero-order valence-electron chi connectivity index (χ0n) is 20.6. The summed E-state index contributed by atoms with van der Waals surface area (Å²) in [7, 11) is 0. The molecule has 0 atom stereocenters. The molecule has 0 fully saturated rings. The first-order chi connectivity index (χ1) is 18.1. The number of carbonyl (C=O) groups is 2. The number of carbonyl (C=O) groups excluding carboxylic acids is 2. The Labute approximate surface area is 235 Å². The minimum atomic E-state index is -0.568. The number of hydrogen-bond acceptors (Lipinski definition) is 3. The van der Waals surface area contributed by atoms with E-state index >= 15 is 0 Å². The van der Waals surface area contributed by atoms with Crippen LogP contribution in [0.15, 0.2) is 72.9 Å². The number of amides is 2. The van der Waals surface area contributed by atoms with Crippen LogP contribution in [0, 0.1) is 11.7 Å². The predicted octanol–water partition coefficient (Wildman–Crippen LogP) is 7.38. The van der Waals surface area contributed by atoms with Gasteiger partial charge in [0, 0.05) is 23.3 Å². The topological polar surface area (TPSA) is 67.2 Å². The highest BCUT2D eigenvalue weighted by Crippen LogP contribution is 2.27. The van der Waals surface area contributed by atoms with Gasteiger partial charge >= 0.3 is 0 Å². The summed E-state index contributed by atoms with van der Waals surface area (Å²) in [5.41, 5.74) is 2.11. The van der Waals surface area contributed by atoms with Crippen molar-refractivity contribution in [1.82, 2.24) is 14.5 Å². The first-order valence-corrected chi connectivity index (χ1v) is 12.9. The molecule has 4 rings (SSSR count). The summed E-state index contributed by atoms with van der Waals surface area (Å²) < 4.78 is 15.4. The molecular formula is C28H24Cl3FN4O2.